The van der Waals surface area contributed by atoms with Crippen LogP contribution in [0.25, 0.3) is 0 Å². The highest BCUT2D eigenvalue weighted by Crippen LogP contribution is 2.05. The van der Waals surface area contributed by atoms with Gasteiger partial charge in [-0.15, -0.1) is 0 Å². The molecule has 0 bridgehead atoms. The van der Waals surface area contributed by atoms with E-state index in [1.54, 1.807) is 0 Å². The average Bonchev–Trinajstić information content (AvgIpc) is 2.42. The van der Waals surface area contributed by atoms with Crippen molar-refractivity contribution < 1.29 is 0 Å². The Morgan fingerprint density at radius 3 is 1.72 bits per heavy atom. The maximum atomic E-state index is 2.24. The lowest BCUT2D eigenvalue weighted by atomic mass is 10.1. The molecule has 0 aliphatic heterocycles. The van der Waals surface area contributed by atoms with Crippen molar-refractivity contribution in [3.05, 3.63) is 71.8 Å². The fourth-order valence-electron chi connectivity index (χ4n) is 1.76. The van der Waals surface area contributed by atoms with Crippen molar-refractivity contribution in [3.8, 4) is 0 Å². The molecule has 0 atom stereocenters. The number of aryl methyl sites for hydroxylation is 2. The molecule has 0 N–H and O–H groups in total. The molecule has 0 radical (unpaired) electrons. The minimum atomic E-state index is 1.24. The molecule has 0 spiro atoms. The zero-order valence-electron chi connectivity index (χ0n) is 11.6. The smallest absolute Gasteiger partial charge is 0.0279 e. The van der Waals surface area contributed by atoms with E-state index in [-0.39, 0.29) is 0 Å². The van der Waals surface area contributed by atoms with Crippen LogP contribution >= 0.6 is 0 Å². The first-order chi connectivity index (χ1) is 8.83. The summed E-state index contributed by atoms with van der Waals surface area (Å²) in [5, 5.41) is 0. The lowest BCUT2D eigenvalue weighted by molar-refractivity contribution is 0.717. The van der Waals surface area contributed by atoms with E-state index in [1.807, 2.05) is 18.2 Å². The molecule has 0 aliphatic rings. The van der Waals surface area contributed by atoms with Gasteiger partial charge in [0.05, 0.1) is 0 Å². The molecular formula is C18H24. The Hall–Kier alpha value is -1.56. The number of rotatable bonds is 4. The topological polar surface area (TPSA) is 0 Å². The Morgan fingerprint density at radius 2 is 1.28 bits per heavy atom. The maximum absolute atomic E-state index is 2.24. The van der Waals surface area contributed by atoms with Crippen LogP contribution in [0.3, 0.4) is 0 Å². The molecule has 2 aromatic rings. The van der Waals surface area contributed by atoms with E-state index in [0.717, 1.165) is 0 Å². The van der Waals surface area contributed by atoms with Crippen molar-refractivity contribution >= 4 is 0 Å². The number of hydrogen-bond acceptors (Lipinski definition) is 0. The van der Waals surface area contributed by atoms with Gasteiger partial charge in [0.15, 0.2) is 0 Å². The van der Waals surface area contributed by atoms with E-state index in [9.17, 15) is 0 Å². The second kappa shape index (κ2) is 9.47. The molecule has 0 saturated heterocycles. The Labute approximate surface area is 112 Å². The van der Waals surface area contributed by atoms with Crippen molar-refractivity contribution in [1.82, 2.24) is 0 Å². The molecule has 0 unspecified atom stereocenters. The first-order valence-corrected chi connectivity index (χ1v) is 6.88. The molecule has 0 fully saturated rings. The third-order valence-electron chi connectivity index (χ3n) is 2.85. The summed E-state index contributed by atoms with van der Waals surface area (Å²) in [6.07, 6.45) is 5.25. The normalized spacial score (nSPS) is 9.44. The van der Waals surface area contributed by atoms with Crippen LogP contribution in [0.5, 0.6) is 0 Å². The SMILES string of the molecule is CCCCCc1ccccc1.Cc1ccccc1. The quantitative estimate of drug-likeness (QED) is 0.626. The van der Waals surface area contributed by atoms with Crippen LogP contribution in [0.15, 0.2) is 60.7 Å². The summed E-state index contributed by atoms with van der Waals surface area (Å²) in [4.78, 5) is 0. The molecule has 0 saturated carbocycles. The van der Waals surface area contributed by atoms with Gasteiger partial charge in [-0.05, 0) is 25.3 Å². The third-order valence-corrected chi connectivity index (χ3v) is 2.85. The van der Waals surface area contributed by atoms with Gasteiger partial charge in [-0.1, -0.05) is 86.0 Å². The fraction of sp³-hybridized carbons (Fsp3) is 0.333. The van der Waals surface area contributed by atoms with Crippen LogP contribution in [0.1, 0.15) is 37.3 Å². The molecule has 0 nitrogen and oxygen atoms in total. The van der Waals surface area contributed by atoms with Crippen molar-refractivity contribution in [2.24, 2.45) is 0 Å². The number of unbranched alkanes of at least 4 members (excludes halogenated alkanes) is 2. The van der Waals surface area contributed by atoms with Crippen LogP contribution in [0.4, 0.5) is 0 Å². The van der Waals surface area contributed by atoms with Crippen molar-refractivity contribution in [1.29, 1.82) is 0 Å². The predicted octanol–water partition coefficient (Wildman–Crippen LogP) is 5.41. The molecule has 0 amide bonds. The van der Waals surface area contributed by atoms with Gasteiger partial charge in [-0.3, -0.25) is 0 Å². The molecule has 96 valence electrons. The molecule has 0 heteroatoms. The number of hydrogen-bond donors (Lipinski definition) is 0. The van der Waals surface area contributed by atoms with E-state index < -0.39 is 0 Å². The van der Waals surface area contributed by atoms with Crippen LogP contribution in [-0.4, -0.2) is 0 Å². The summed E-state index contributed by atoms with van der Waals surface area (Å²) in [6.45, 7) is 4.32. The van der Waals surface area contributed by atoms with Gasteiger partial charge in [0, 0.05) is 0 Å². The lowest BCUT2D eigenvalue weighted by Crippen LogP contribution is -1.83. The minimum absolute atomic E-state index is 1.24. The Morgan fingerprint density at radius 1 is 0.722 bits per heavy atom. The van der Waals surface area contributed by atoms with Crippen LogP contribution < -0.4 is 0 Å². The molecule has 0 heterocycles. The highest BCUT2D eigenvalue weighted by molar-refractivity contribution is 5.14. The van der Waals surface area contributed by atoms with Crippen LogP contribution in [0, 0.1) is 6.92 Å². The van der Waals surface area contributed by atoms with Gasteiger partial charge in [0.25, 0.3) is 0 Å². The number of benzene rings is 2. The summed E-state index contributed by atoms with van der Waals surface area (Å²) in [6, 6.07) is 21.0. The zero-order valence-corrected chi connectivity index (χ0v) is 11.6. The molecule has 18 heavy (non-hydrogen) atoms. The van der Waals surface area contributed by atoms with Gasteiger partial charge in [0.2, 0.25) is 0 Å². The van der Waals surface area contributed by atoms with Crippen molar-refractivity contribution in [2.75, 3.05) is 0 Å². The van der Waals surface area contributed by atoms with Gasteiger partial charge in [-0.2, -0.15) is 0 Å². The highest BCUT2D eigenvalue weighted by Gasteiger charge is 1.89. The van der Waals surface area contributed by atoms with Crippen LogP contribution in [0.2, 0.25) is 0 Å². The van der Waals surface area contributed by atoms with Gasteiger partial charge in [0.1, 0.15) is 0 Å². The monoisotopic (exact) mass is 240 g/mol. The van der Waals surface area contributed by atoms with Crippen LogP contribution in [-0.2, 0) is 6.42 Å². The summed E-state index contributed by atoms with van der Waals surface area (Å²) >= 11 is 0. The minimum Gasteiger partial charge on any atom is -0.0654 e. The van der Waals surface area contributed by atoms with Gasteiger partial charge in [-0.25, -0.2) is 0 Å². The summed E-state index contributed by atoms with van der Waals surface area (Å²) in [7, 11) is 0. The molecular weight excluding hydrogens is 216 g/mol. The zero-order chi connectivity index (χ0) is 13.1. The molecule has 2 rings (SSSR count). The molecule has 2 aromatic carbocycles. The highest BCUT2D eigenvalue weighted by atomic mass is 13.9. The van der Waals surface area contributed by atoms with Crippen molar-refractivity contribution in [3.63, 3.8) is 0 Å². The summed E-state index contributed by atoms with van der Waals surface area (Å²) < 4.78 is 0. The first kappa shape index (κ1) is 14.5. The average molecular weight is 240 g/mol. The largest absolute Gasteiger partial charge is 0.0654 e. The Bertz CT molecular complexity index is 389. The van der Waals surface area contributed by atoms with Crippen molar-refractivity contribution in [2.45, 2.75) is 39.5 Å². The summed E-state index contributed by atoms with van der Waals surface area (Å²) in [5.74, 6) is 0. The van der Waals surface area contributed by atoms with E-state index in [1.165, 1.54) is 36.8 Å². The van der Waals surface area contributed by atoms with E-state index in [2.05, 4.69) is 56.3 Å². The fourth-order valence-corrected chi connectivity index (χ4v) is 1.76. The predicted molar refractivity (Wildman–Crippen MR) is 80.9 cm³/mol. The lowest BCUT2D eigenvalue weighted by Gasteiger charge is -1.98. The van der Waals surface area contributed by atoms with Gasteiger partial charge >= 0.3 is 0 Å². The van der Waals surface area contributed by atoms with Gasteiger partial charge < -0.3 is 0 Å². The Balaban J connectivity index is 0.000000199. The Kier molecular flexibility index (Phi) is 7.63. The van der Waals surface area contributed by atoms with E-state index >= 15 is 0 Å². The van der Waals surface area contributed by atoms with E-state index in [4.69, 9.17) is 0 Å². The molecule has 0 aromatic heterocycles. The second-order valence-corrected chi connectivity index (χ2v) is 4.60. The second-order valence-electron chi connectivity index (χ2n) is 4.60. The first-order valence-electron chi connectivity index (χ1n) is 6.88. The third kappa shape index (κ3) is 6.90. The molecule has 0 aliphatic carbocycles. The van der Waals surface area contributed by atoms with E-state index in [0.29, 0.717) is 0 Å². The maximum Gasteiger partial charge on any atom is -0.0279 e. The standard InChI is InChI=1S/C11H16.C7H8/c1-2-3-5-8-11-9-6-4-7-10-11;1-7-5-3-2-4-6-7/h4,6-7,9-10H,2-3,5,8H2,1H3;2-6H,1H3. The summed E-state index contributed by atoms with van der Waals surface area (Å²) in [5.41, 5.74) is 2.79.